The van der Waals surface area contributed by atoms with Crippen LogP contribution in [0.5, 0.6) is 0 Å². The van der Waals surface area contributed by atoms with Crippen molar-refractivity contribution in [2.75, 3.05) is 12.4 Å². The fraction of sp³-hybridized carbons (Fsp3) is 0.227. The van der Waals surface area contributed by atoms with E-state index in [1.807, 2.05) is 13.8 Å². The van der Waals surface area contributed by atoms with Gasteiger partial charge in [-0.15, -0.1) is 0 Å². The van der Waals surface area contributed by atoms with Gasteiger partial charge in [-0.3, -0.25) is 29.3 Å². The third-order valence-electron chi connectivity index (χ3n) is 5.12. The Labute approximate surface area is 186 Å². The van der Waals surface area contributed by atoms with E-state index in [2.05, 4.69) is 20.0 Å². The molecule has 0 saturated carbocycles. The van der Waals surface area contributed by atoms with Crippen LogP contribution in [-0.4, -0.2) is 39.7 Å². The minimum atomic E-state index is -1.63. The molecule has 33 heavy (non-hydrogen) atoms. The van der Waals surface area contributed by atoms with E-state index in [1.54, 1.807) is 12.1 Å². The van der Waals surface area contributed by atoms with Crippen LogP contribution in [0.4, 0.5) is 11.4 Å². The van der Waals surface area contributed by atoms with Crippen LogP contribution >= 0.6 is 0 Å². The Hall–Kier alpha value is -4.41. The first-order chi connectivity index (χ1) is 15.6. The highest BCUT2D eigenvalue weighted by Crippen LogP contribution is 2.19. The number of Topliss-reactive ketones (excluding diaryl/α,β-unsaturated/α-hetero) is 1. The van der Waals surface area contributed by atoms with Crippen molar-refractivity contribution in [1.82, 2.24) is 9.97 Å². The molecule has 0 saturated heterocycles. The van der Waals surface area contributed by atoms with Crippen molar-refractivity contribution in [2.45, 2.75) is 20.3 Å². The van der Waals surface area contributed by atoms with Gasteiger partial charge in [0.15, 0.2) is 0 Å². The molecule has 0 spiro atoms. The molecule has 11 nitrogen and oxygen atoms in total. The maximum Gasteiger partial charge on any atom is 0.317 e. The van der Waals surface area contributed by atoms with E-state index >= 15 is 0 Å². The van der Waals surface area contributed by atoms with Crippen LogP contribution < -0.4 is 10.9 Å². The predicted octanol–water partition coefficient (Wildman–Crippen LogP) is 1.99. The Bertz CT molecular complexity index is 1350. The molecule has 1 heterocycles. The maximum atomic E-state index is 12.8. The Morgan fingerprint density at radius 1 is 1.18 bits per heavy atom. The van der Waals surface area contributed by atoms with Gasteiger partial charge in [0, 0.05) is 24.2 Å². The molecule has 0 bridgehead atoms. The first kappa shape index (κ1) is 23.3. The number of ether oxygens (including phenoxy) is 1. The number of amides is 1. The summed E-state index contributed by atoms with van der Waals surface area (Å²) >= 11 is 0. The summed E-state index contributed by atoms with van der Waals surface area (Å²) in [4.78, 5) is 67.2. The second-order valence-electron chi connectivity index (χ2n) is 7.37. The molecule has 0 radical (unpaired) electrons. The number of nitro groups is 1. The number of anilines is 1. The number of benzene rings is 2. The number of rotatable bonds is 7. The number of hydrogen-bond acceptors (Lipinski definition) is 8. The van der Waals surface area contributed by atoms with E-state index in [4.69, 9.17) is 0 Å². The van der Waals surface area contributed by atoms with E-state index < -0.39 is 40.5 Å². The Morgan fingerprint density at radius 2 is 1.88 bits per heavy atom. The molecule has 1 aromatic heterocycles. The number of esters is 1. The summed E-state index contributed by atoms with van der Waals surface area (Å²) in [6, 6.07) is 8.49. The van der Waals surface area contributed by atoms with Gasteiger partial charge in [-0.2, -0.15) is 0 Å². The molecule has 0 aliphatic carbocycles. The number of fused-ring (bicyclic) bond motifs is 1. The zero-order valence-electron chi connectivity index (χ0n) is 18.0. The van der Waals surface area contributed by atoms with E-state index in [9.17, 15) is 29.3 Å². The normalized spacial score (nSPS) is 11.6. The highest BCUT2D eigenvalue weighted by molar-refractivity contribution is 6.44. The topological polar surface area (TPSA) is 161 Å². The molecule has 0 fully saturated rings. The molecule has 170 valence electrons. The summed E-state index contributed by atoms with van der Waals surface area (Å²) in [6.07, 6.45) is -0.466. The molecule has 1 atom stereocenters. The second kappa shape index (κ2) is 9.39. The van der Waals surface area contributed by atoms with Crippen molar-refractivity contribution in [3.8, 4) is 0 Å². The lowest BCUT2D eigenvalue weighted by molar-refractivity contribution is -0.384. The summed E-state index contributed by atoms with van der Waals surface area (Å²) in [5, 5.41) is 13.1. The quantitative estimate of drug-likeness (QED) is 0.181. The third kappa shape index (κ3) is 5.09. The standard InChI is InChI=1S/C22H20N4O7/c1-11-7-16-17(8-12(11)2)25-20(28)18(24-16)10-15(22(30)33-3)19(27)21(29)23-13-5-4-6-14(9-13)26(31)32/h4-9,15H,10H2,1-3H3,(H,23,29)(H,25,28)/t15-/m0/s1. The van der Waals surface area contributed by atoms with Gasteiger partial charge in [-0.05, 0) is 43.2 Å². The number of methoxy groups -OCH3 is 1. The van der Waals surface area contributed by atoms with Gasteiger partial charge in [-0.25, -0.2) is 4.98 Å². The number of nitro benzene ring substituents is 1. The predicted molar refractivity (Wildman–Crippen MR) is 118 cm³/mol. The van der Waals surface area contributed by atoms with Gasteiger partial charge >= 0.3 is 5.97 Å². The minimum Gasteiger partial charge on any atom is -0.468 e. The average Bonchev–Trinajstić information content (AvgIpc) is 2.78. The number of H-pyrrole nitrogens is 1. The Balaban J connectivity index is 1.89. The van der Waals surface area contributed by atoms with Gasteiger partial charge in [0.2, 0.25) is 5.78 Å². The van der Waals surface area contributed by atoms with Crippen molar-refractivity contribution in [2.24, 2.45) is 5.92 Å². The molecular weight excluding hydrogens is 432 g/mol. The van der Waals surface area contributed by atoms with Crippen molar-refractivity contribution in [1.29, 1.82) is 0 Å². The summed E-state index contributed by atoms with van der Waals surface area (Å²) in [7, 11) is 1.05. The molecule has 1 amide bonds. The molecule has 2 N–H and O–H groups in total. The number of aromatic nitrogens is 2. The Kier molecular flexibility index (Phi) is 6.61. The van der Waals surface area contributed by atoms with Crippen molar-refractivity contribution in [3.05, 3.63) is 73.7 Å². The summed E-state index contributed by atoms with van der Waals surface area (Å²) < 4.78 is 4.65. The van der Waals surface area contributed by atoms with Crippen LogP contribution in [0.15, 0.2) is 41.2 Å². The van der Waals surface area contributed by atoms with E-state index in [-0.39, 0.29) is 17.1 Å². The number of aromatic amines is 1. The second-order valence-corrected chi connectivity index (χ2v) is 7.37. The Morgan fingerprint density at radius 3 is 2.55 bits per heavy atom. The van der Waals surface area contributed by atoms with Crippen molar-refractivity contribution in [3.63, 3.8) is 0 Å². The fourth-order valence-electron chi connectivity index (χ4n) is 3.19. The highest BCUT2D eigenvalue weighted by Gasteiger charge is 2.34. The largest absolute Gasteiger partial charge is 0.468 e. The van der Waals surface area contributed by atoms with Crippen LogP contribution in [0, 0.1) is 29.9 Å². The molecule has 3 rings (SSSR count). The van der Waals surface area contributed by atoms with Crippen LogP contribution in [0.2, 0.25) is 0 Å². The number of carbonyl (C=O) groups is 3. The van der Waals surface area contributed by atoms with Crippen LogP contribution in [-0.2, 0) is 25.5 Å². The zero-order valence-corrected chi connectivity index (χ0v) is 18.0. The van der Waals surface area contributed by atoms with Crippen LogP contribution in [0.25, 0.3) is 11.0 Å². The third-order valence-corrected chi connectivity index (χ3v) is 5.12. The number of nitrogens with zero attached hydrogens (tertiary/aromatic N) is 2. The first-order valence-electron chi connectivity index (χ1n) is 9.78. The van der Waals surface area contributed by atoms with E-state index in [1.165, 1.54) is 18.2 Å². The molecule has 0 aliphatic heterocycles. The van der Waals surface area contributed by atoms with Crippen molar-refractivity contribution < 1.29 is 24.0 Å². The number of hydrogen-bond donors (Lipinski definition) is 2. The number of carbonyl (C=O) groups excluding carboxylic acids is 3. The highest BCUT2D eigenvalue weighted by atomic mass is 16.6. The van der Waals surface area contributed by atoms with Gasteiger partial charge in [-0.1, -0.05) is 6.07 Å². The number of ketones is 1. The van der Waals surface area contributed by atoms with Gasteiger partial charge in [0.05, 0.1) is 23.1 Å². The molecule has 0 unspecified atom stereocenters. The molecular formula is C22H20N4O7. The minimum absolute atomic E-state index is 0.00121. The summed E-state index contributed by atoms with van der Waals surface area (Å²) in [5.41, 5.74) is 1.84. The van der Waals surface area contributed by atoms with Crippen LogP contribution in [0.1, 0.15) is 16.8 Å². The van der Waals surface area contributed by atoms with Crippen LogP contribution in [0.3, 0.4) is 0 Å². The zero-order chi connectivity index (χ0) is 24.3. The lowest BCUT2D eigenvalue weighted by atomic mass is 9.97. The fourth-order valence-corrected chi connectivity index (χ4v) is 3.19. The summed E-state index contributed by atoms with van der Waals surface area (Å²) in [5.74, 6) is -5.01. The van der Waals surface area contributed by atoms with E-state index in [0.717, 1.165) is 24.3 Å². The van der Waals surface area contributed by atoms with Gasteiger partial charge in [0.1, 0.15) is 11.6 Å². The first-order valence-corrected chi connectivity index (χ1v) is 9.78. The average molecular weight is 452 g/mol. The van der Waals surface area contributed by atoms with Gasteiger partial charge in [0.25, 0.3) is 17.2 Å². The molecule has 0 aliphatic rings. The number of nitrogens with one attached hydrogen (secondary N) is 2. The maximum absolute atomic E-state index is 12.8. The molecule has 3 aromatic rings. The lowest BCUT2D eigenvalue weighted by Gasteiger charge is -2.13. The van der Waals surface area contributed by atoms with Gasteiger partial charge < -0.3 is 15.0 Å². The lowest BCUT2D eigenvalue weighted by Crippen LogP contribution is -2.37. The molecule has 2 aromatic carbocycles. The van der Waals surface area contributed by atoms with E-state index in [0.29, 0.717) is 11.0 Å². The SMILES string of the molecule is COC(=O)[C@@H](Cc1nc2cc(C)c(C)cc2[nH]c1=O)C(=O)C(=O)Nc1cccc([N+](=O)[O-])c1. The number of aryl methyl sites for hydroxylation is 2. The monoisotopic (exact) mass is 452 g/mol. The smallest absolute Gasteiger partial charge is 0.317 e. The summed E-state index contributed by atoms with van der Waals surface area (Å²) in [6.45, 7) is 3.76. The van der Waals surface area contributed by atoms with Crippen molar-refractivity contribution >= 4 is 40.1 Å². The number of non-ortho nitro benzene ring substituents is 1. The molecule has 11 heteroatoms.